The molecule has 0 fully saturated rings. The maximum Gasteiger partial charge on any atom is 0.136 e. The monoisotopic (exact) mass is 189 g/mol. The number of hydrogen-bond acceptors (Lipinski definition) is 2. The largest absolute Gasteiger partial charge is 0.392 e. The molecule has 0 spiro atoms. The molecule has 14 heavy (non-hydrogen) atoms. The Balaban J connectivity index is 1.90. The summed E-state index contributed by atoms with van der Waals surface area (Å²) >= 11 is 0. The highest BCUT2D eigenvalue weighted by molar-refractivity contribution is 5.85. The average Bonchev–Trinajstić information content (AvgIpc) is 2.67. The van der Waals surface area contributed by atoms with Crippen molar-refractivity contribution in [3.63, 3.8) is 0 Å². The van der Waals surface area contributed by atoms with Crippen molar-refractivity contribution in [2.75, 3.05) is 0 Å². The molecule has 0 saturated heterocycles. The molecule has 2 heteroatoms. The minimum atomic E-state index is 0.257. The maximum atomic E-state index is 5.35. The molecule has 74 valence electrons. The molecule has 1 atom stereocenters. The second-order valence-electron chi connectivity index (χ2n) is 3.63. The van der Waals surface area contributed by atoms with Crippen LogP contribution in [0.4, 0.5) is 0 Å². The fourth-order valence-corrected chi connectivity index (χ4v) is 1.68. The number of benzene rings is 1. The fraction of sp³-hybridized carbons (Fsp3) is 0.417. The van der Waals surface area contributed by atoms with Crippen LogP contribution in [0, 0.1) is 0 Å². The molecular weight excluding hydrogens is 174 g/mol. The third-order valence-electron chi connectivity index (χ3n) is 2.51. The summed E-state index contributed by atoms with van der Waals surface area (Å²) in [7, 11) is 0. The predicted octanol–water partition coefficient (Wildman–Crippen LogP) is 2.78. The Morgan fingerprint density at radius 1 is 1.36 bits per heavy atom. The Hall–Kier alpha value is -1.31. The van der Waals surface area contributed by atoms with Crippen LogP contribution in [0.25, 0.3) is 0 Å². The first-order chi connectivity index (χ1) is 6.88. The topological polar surface area (TPSA) is 21.6 Å². The molecular formula is C12H15NO. The smallest absolute Gasteiger partial charge is 0.136 e. The van der Waals surface area contributed by atoms with Crippen LogP contribution < -0.4 is 0 Å². The molecule has 2 rings (SSSR count). The lowest BCUT2D eigenvalue weighted by Crippen LogP contribution is -2.10. The molecule has 0 N–H and O–H groups in total. The van der Waals surface area contributed by atoms with Gasteiger partial charge in [0.25, 0.3) is 0 Å². The molecule has 0 aliphatic carbocycles. The first-order valence-electron chi connectivity index (χ1n) is 5.14. The highest BCUT2D eigenvalue weighted by atomic mass is 16.6. The van der Waals surface area contributed by atoms with Crippen molar-refractivity contribution in [3.8, 4) is 0 Å². The van der Waals surface area contributed by atoms with E-state index in [4.69, 9.17) is 4.84 Å². The number of oxime groups is 1. The van der Waals surface area contributed by atoms with Crippen LogP contribution in [0.3, 0.4) is 0 Å². The summed E-state index contributed by atoms with van der Waals surface area (Å²) in [6.45, 7) is 2.12. The SMILES string of the molecule is CCC1=NOC(Cc2ccccc2)C1. The maximum absolute atomic E-state index is 5.35. The zero-order valence-corrected chi connectivity index (χ0v) is 8.44. The summed E-state index contributed by atoms with van der Waals surface area (Å²) in [5.74, 6) is 0. The second-order valence-corrected chi connectivity index (χ2v) is 3.63. The van der Waals surface area contributed by atoms with Gasteiger partial charge in [-0.2, -0.15) is 0 Å². The van der Waals surface area contributed by atoms with Crippen molar-refractivity contribution in [1.82, 2.24) is 0 Å². The summed E-state index contributed by atoms with van der Waals surface area (Å²) in [6.07, 6.45) is 3.22. The highest BCUT2D eigenvalue weighted by Crippen LogP contribution is 2.16. The van der Waals surface area contributed by atoms with Crippen LogP contribution in [0.5, 0.6) is 0 Å². The van der Waals surface area contributed by atoms with Gasteiger partial charge in [0.2, 0.25) is 0 Å². The van der Waals surface area contributed by atoms with Crippen molar-refractivity contribution in [1.29, 1.82) is 0 Å². The minimum Gasteiger partial charge on any atom is -0.392 e. The Bertz CT molecular complexity index is 318. The zero-order chi connectivity index (χ0) is 9.80. The molecule has 1 heterocycles. The van der Waals surface area contributed by atoms with Gasteiger partial charge in [-0.25, -0.2) is 0 Å². The van der Waals surface area contributed by atoms with Gasteiger partial charge in [-0.15, -0.1) is 0 Å². The van der Waals surface area contributed by atoms with Crippen molar-refractivity contribution in [2.45, 2.75) is 32.3 Å². The number of hydrogen-bond donors (Lipinski definition) is 0. The Morgan fingerprint density at radius 2 is 2.14 bits per heavy atom. The number of nitrogens with zero attached hydrogens (tertiary/aromatic N) is 1. The summed E-state index contributed by atoms with van der Waals surface area (Å²) in [5, 5.41) is 4.05. The van der Waals surface area contributed by atoms with Crippen molar-refractivity contribution in [3.05, 3.63) is 35.9 Å². The molecule has 0 aromatic heterocycles. The third kappa shape index (κ3) is 2.13. The molecule has 0 amide bonds. The van der Waals surface area contributed by atoms with Gasteiger partial charge in [0.1, 0.15) is 6.10 Å². The van der Waals surface area contributed by atoms with Crippen LogP contribution >= 0.6 is 0 Å². The number of rotatable bonds is 3. The van der Waals surface area contributed by atoms with Gasteiger partial charge in [0, 0.05) is 12.8 Å². The molecule has 1 aromatic carbocycles. The summed E-state index contributed by atoms with van der Waals surface area (Å²) in [4.78, 5) is 5.35. The van der Waals surface area contributed by atoms with Gasteiger partial charge in [0.05, 0.1) is 5.71 Å². The van der Waals surface area contributed by atoms with Crippen LogP contribution in [-0.4, -0.2) is 11.8 Å². The first-order valence-corrected chi connectivity index (χ1v) is 5.14. The third-order valence-corrected chi connectivity index (χ3v) is 2.51. The lowest BCUT2D eigenvalue weighted by Gasteiger charge is -2.07. The molecule has 2 nitrogen and oxygen atoms in total. The van der Waals surface area contributed by atoms with Crippen LogP contribution in [0.2, 0.25) is 0 Å². The Kier molecular flexibility index (Phi) is 2.82. The van der Waals surface area contributed by atoms with Crippen molar-refractivity contribution < 1.29 is 4.84 Å². The van der Waals surface area contributed by atoms with Gasteiger partial charge in [0.15, 0.2) is 0 Å². The van der Waals surface area contributed by atoms with Crippen LogP contribution in [0.15, 0.2) is 35.5 Å². The molecule has 0 bridgehead atoms. The molecule has 1 aromatic rings. The van der Waals surface area contributed by atoms with E-state index in [2.05, 4.69) is 36.3 Å². The molecule has 1 aliphatic rings. The molecule has 0 saturated carbocycles. The van der Waals surface area contributed by atoms with Crippen LogP contribution in [0.1, 0.15) is 25.3 Å². The van der Waals surface area contributed by atoms with Gasteiger partial charge in [-0.05, 0) is 12.0 Å². The normalized spacial score (nSPS) is 20.4. The van der Waals surface area contributed by atoms with E-state index < -0.39 is 0 Å². The van der Waals surface area contributed by atoms with Gasteiger partial charge in [-0.3, -0.25) is 0 Å². The lowest BCUT2D eigenvalue weighted by atomic mass is 10.0. The van der Waals surface area contributed by atoms with Crippen LogP contribution in [-0.2, 0) is 11.3 Å². The van der Waals surface area contributed by atoms with Gasteiger partial charge < -0.3 is 4.84 Å². The quantitative estimate of drug-likeness (QED) is 0.716. The van der Waals surface area contributed by atoms with Gasteiger partial charge >= 0.3 is 0 Å². The minimum absolute atomic E-state index is 0.257. The first kappa shape index (κ1) is 9.25. The highest BCUT2D eigenvalue weighted by Gasteiger charge is 2.19. The summed E-state index contributed by atoms with van der Waals surface area (Å²) in [5.41, 5.74) is 2.51. The zero-order valence-electron chi connectivity index (χ0n) is 8.44. The van der Waals surface area contributed by atoms with E-state index in [9.17, 15) is 0 Å². The molecule has 0 radical (unpaired) electrons. The van der Waals surface area contributed by atoms with E-state index in [0.29, 0.717) is 0 Å². The average molecular weight is 189 g/mol. The fourth-order valence-electron chi connectivity index (χ4n) is 1.68. The molecule has 1 unspecified atom stereocenters. The standard InChI is InChI=1S/C12H15NO/c1-2-11-9-12(14-13-11)8-10-6-4-3-5-7-10/h3-7,12H,2,8-9H2,1H3. The second kappa shape index (κ2) is 4.27. The Morgan fingerprint density at radius 3 is 2.79 bits per heavy atom. The Labute approximate surface area is 84.6 Å². The van der Waals surface area contributed by atoms with E-state index in [1.165, 1.54) is 11.3 Å². The van der Waals surface area contributed by atoms with E-state index in [0.717, 1.165) is 19.3 Å². The van der Waals surface area contributed by atoms with E-state index in [1.54, 1.807) is 0 Å². The van der Waals surface area contributed by atoms with E-state index in [-0.39, 0.29) is 6.10 Å². The molecule has 1 aliphatic heterocycles. The summed E-state index contributed by atoms with van der Waals surface area (Å²) in [6, 6.07) is 10.4. The lowest BCUT2D eigenvalue weighted by molar-refractivity contribution is 0.0859. The van der Waals surface area contributed by atoms with E-state index in [1.807, 2.05) is 6.07 Å². The summed E-state index contributed by atoms with van der Waals surface area (Å²) < 4.78 is 0. The van der Waals surface area contributed by atoms with Crippen molar-refractivity contribution in [2.24, 2.45) is 5.16 Å². The van der Waals surface area contributed by atoms with Gasteiger partial charge in [-0.1, -0.05) is 42.4 Å². The predicted molar refractivity (Wildman–Crippen MR) is 57.4 cm³/mol. The van der Waals surface area contributed by atoms with Crippen molar-refractivity contribution >= 4 is 5.71 Å². The van der Waals surface area contributed by atoms with E-state index >= 15 is 0 Å².